The van der Waals surface area contributed by atoms with E-state index in [0.717, 1.165) is 35.3 Å². The van der Waals surface area contributed by atoms with Gasteiger partial charge in [0, 0.05) is 18.8 Å². The topological polar surface area (TPSA) is 41.6 Å². The van der Waals surface area contributed by atoms with E-state index >= 15 is 0 Å². The van der Waals surface area contributed by atoms with Crippen molar-refractivity contribution in [3.8, 4) is 5.75 Å². The van der Waals surface area contributed by atoms with Gasteiger partial charge in [0.2, 0.25) is 0 Å². The molecule has 0 radical (unpaired) electrons. The van der Waals surface area contributed by atoms with Crippen molar-refractivity contribution in [3.63, 3.8) is 0 Å². The van der Waals surface area contributed by atoms with E-state index in [1.54, 1.807) is 0 Å². The van der Waals surface area contributed by atoms with Crippen molar-refractivity contribution in [2.45, 2.75) is 32.7 Å². The number of nitrogens with one attached hydrogen (secondary N) is 1. The molecule has 0 unspecified atom stereocenters. The number of nitrogens with zero attached hydrogens (tertiary/aromatic N) is 1. The van der Waals surface area contributed by atoms with Gasteiger partial charge in [0.15, 0.2) is 6.61 Å². The first-order chi connectivity index (χ1) is 14.6. The van der Waals surface area contributed by atoms with Gasteiger partial charge in [-0.1, -0.05) is 49.4 Å². The van der Waals surface area contributed by atoms with Crippen LogP contribution in [-0.2, 0) is 4.79 Å². The van der Waals surface area contributed by atoms with E-state index in [-0.39, 0.29) is 18.6 Å². The zero-order valence-electron chi connectivity index (χ0n) is 17.8. The molecule has 3 aromatic rings. The molecular formula is C26H30N2O2. The Hall–Kier alpha value is -3.01. The fraction of sp³-hybridized carbons (Fsp3) is 0.346. The standard InChI is InChI=1S/C26H30N2O2/c1-19-6-5-15-28(17-19)24-12-9-21(10-13-24)20(2)27-26(29)18-30-25-14-11-22-7-3-4-8-23(22)16-25/h3-4,7-14,16,19-20H,5-6,15,17-18H2,1-2H3,(H,27,29)/t19-,20+/m1/s1. The number of carbonyl (C=O) groups excluding carboxylic acids is 1. The van der Waals surface area contributed by atoms with Crippen molar-refractivity contribution >= 4 is 22.4 Å². The van der Waals surface area contributed by atoms with Gasteiger partial charge in [-0.05, 0) is 66.3 Å². The van der Waals surface area contributed by atoms with Gasteiger partial charge < -0.3 is 15.0 Å². The van der Waals surface area contributed by atoms with Crippen molar-refractivity contribution in [3.05, 3.63) is 72.3 Å². The molecule has 1 fully saturated rings. The number of hydrogen-bond donors (Lipinski definition) is 1. The van der Waals surface area contributed by atoms with Gasteiger partial charge in [-0.25, -0.2) is 0 Å². The summed E-state index contributed by atoms with van der Waals surface area (Å²) in [5.41, 5.74) is 2.37. The molecule has 4 rings (SSSR count). The fourth-order valence-corrected chi connectivity index (χ4v) is 4.17. The number of piperidine rings is 1. The van der Waals surface area contributed by atoms with E-state index < -0.39 is 0 Å². The smallest absolute Gasteiger partial charge is 0.258 e. The minimum absolute atomic E-state index is 0.00638. The first-order valence-electron chi connectivity index (χ1n) is 10.8. The predicted molar refractivity (Wildman–Crippen MR) is 123 cm³/mol. The molecule has 1 heterocycles. The summed E-state index contributed by atoms with van der Waals surface area (Å²) in [6, 6.07) is 22.5. The average Bonchev–Trinajstić information content (AvgIpc) is 2.77. The van der Waals surface area contributed by atoms with Crippen molar-refractivity contribution in [2.75, 3.05) is 24.6 Å². The molecule has 0 saturated carbocycles. The lowest BCUT2D eigenvalue weighted by Gasteiger charge is -2.33. The molecule has 4 heteroatoms. The van der Waals surface area contributed by atoms with E-state index in [9.17, 15) is 4.79 Å². The van der Waals surface area contributed by atoms with Crippen LogP contribution in [0.1, 0.15) is 38.3 Å². The Morgan fingerprint density at radius 1 is 1.10 bits per heavy atom. The number of rotatable bonds is 6. The van der Waals surface area contributed by atoms with Crippen LogP contribution in [-0.4, -0.2) is 25.6 Å². The first-order valence-corrected chi connectivity index (χ1v) is 10.8. The molecule has 0 spiro atoms. The summed E-state index contributed by atoms with van der Waals surface area (Å²) in [4.78, 5) is 14.8. The Kier molecular flexibility index (Phi) is 6.22. The van der Waals surface area contributed by atoms with Crippen LogP contribution in [0.2, 0.25) is 0 Å². The minimum Gasteiger partial charge on any atom is -0.484 e. The second-order valence-corrected chi connectivity index (χ2v) is 8.37. The lowest BCUT2D eigenvalue weighted by Crippen LogP contribution is -2.34. The van der Waals surface area contributed by atoms with Crippen LogP contribution in [0.4, 0.5) is 5.69 Å². The maximum absolute atomic E-state index is 12.4. The second-order valence-electron chi connectivity index (χ2n) is 8.37. The maximum atomic E-state index is 12.4. The third-order valence-corrected chi connectivity index (χ3v) is 5.88. The van der Waals surface area contributed by atoms with E-state index in [2.05, 4.69) is 47.5 Å². The summed E-state index contributed by atoms with van der Waals surface area (Å²) in [5.74, 6) is 1.33. The highest BCUT2D eigenvalue weighted by Crippen LogP contribution is 2.25. The monoisotopic (exact) mass is 402 g/mol. The molecule has 30 heavy (non-hydrogen) atoms. The van der Waals surface area contributed by atoms with Gasteiger partial charge in [0.25, 0.3) is 5.91 Å². The SMILES string of the molecule is C[C@@H]1CCCN(c2ccc([C@H](C)NC(=O)COc3ccc4ccccc4c3)cc2)C1. The molecule has 0 aromatic heterocycles. The molecule has 4 nitrogen and oxygen atoms in total. The van der Waals surface area contributed by atoms with Crippen molar-refractivity contribution in [1.29, 1.82) is 0 Å². The summed E-state index contributed by atoms with van der Waals surface area (Å²) in [6.45, 7) is 6.58. The molecule has 1 saturated heterocycles. The Bertz CT molecular complexity index is 999. The highest BCUT2D eigenvalue weighted by atomic mass is 16.5. The van der Waals surface area contributed by atoms with E-state index in [1.807, 2.05) is 43.3 Å². The van der Waals surface area contributed by atoms with E-state index in [0.29, 0.717) is 5.75 Å². The molecule has 3 aromatic carbocycles. The van der Waals surface area contributed by atoms with Crippen molar-refractivity contribution in [2.24, 2.45) is 5.92 Å². The van der Waals surface area contributed by atoms with Crippen molar-refractivity contribution in [1.82, 2.24) is 5.32 Å². The fourth-order valence-electron chi connectivity index (χ4n) is 4.17. The van der Waals surface area contributed by atoms with Crippen molar-refractivity contribution < 1.29 is 9.53 Å². The minimum atomic E-state index is -0.121. The highest BCUT2D eigenvalue weighted by molar-refractivity contribution is 5.84. The molecule has 1 N–H and O–H groups in total. The van der Waals surface area contributed by atoms with Crippen LogP contribution in [0.5, 0.6) is 5.75 Å². The second kappa shape index (κ2) is 9.21. The number of hydrogen-bond acceptors (Lipinski definition) is 3. The van der Waals surface area contributed by atoms with Gasteiger partial charge in [0.05, 0.1) is 6.04 Å². The molecule has 2 atom stereocenters. The number of fused-ring (bicyclic) bond motifs is 1. The van der Waals surface area contributed by atoms with Crippen LogP contribution in [0.25, 0.3) is 10.8 Å². The summed E-state index contributed by atoms with van der Waals surface area (Å²) in [7, 11) is 0. The number of carbonyl (C=O) groups is 1. The highest BCUT2D eigenvalue weighted by Gasteiger charge is 2.17. The molecular weight excluding hydrogens is 372 g/mol. The number of amides is 1. The van der Waals surface area contributed by atoms with Crippen LogP contribution in [0, 0.1) is 5.92 Å². The summed E-state index contributed by atoms with van der Waals surface area (Å²) in [6.07, 6.45) is 2.57. The number of benzene rings is 3. The van der Waals surface area contributed by atoms with E-state index in [1.165, 1.54) is 18.5 Å². The van der Waals surface area contributed by atoms with Crippen LogP contribution < -0.4 is 15.0 Å². The van der Waals surface area contributed by atoms with Gasteiger partial charge in [-0.15, -0.1) is 0 Å². The van der Waals surface area contributed by atoms with Crippen LogP contribution in [0.3, 0.4) is 0 Å². The number of anilines is 1. The maximum Gasteiger partial charge on any atom is 0.258 e. The average molecular weight is 403 g/mol. The first kappa shape index (κ1) is 20.3. The largest absolute Gasteiger partial charge is 0.484 e. The zero-order valence-corrected chi connectivity index (χ0v) is 17.8. The van der Waals surface area contributed by atoms with Crippen LogP contribution in [0.15, 0.2) is 66.7 Å². The quantitative estimate of drug-likeness (QED) is 0.606. The molecule has 0 bridgehead atoms. The Labute approximate surface area is 178 Å². The molecule has 1 aliphatic rings. The zero-order chi connectivity index (χ0) is 20.9. The predicted octanol–water partition coefficient (Wildman–Crippen LogP) is 5.33. The molecule has 1 amide bonds. The Morgan fingerprint density at radius 2 is 1.87 bits per heavy atom. The summed E-state index contributed by atoms with van der Waals surface area (Å²) in [5, 5.41) is 5.29. The molecule has 1 aliphatic heterocycles. The normalized spacial score (nSPS) is 17.5. The third kappa shape index (κ3) is 4.93. The van der Waals surface area contributed by atoms with Gasteiger partial charge in [-0.3, -0.25) is 4.79 Å². The van der Waals surface area contributed by atoms with Gasteiger partial charge in [0.1, 0.15) is 5.75 Å². The lowest BCUT2D eigenvalue weighted by molar-refractivity contribution is -0.123. The Balaban J connectivity index is 1.30. The third-order valence-electron chi connectivity index (χ3n) is 5.88. The molecule has 0 aliphatic carbocycles. The van der Waals surface area contributed by atoms with Crippen LogP contribution >= 0.6 is 0 Å². The number of ether oxygens (including phenoxy) is 1. The summed E-state index contributed by atoms with van der Waals surface area (Å²) >= 11 is 0. The lowest BCUT2D eigenvalue weighted by atomic mass is 9.99. The Morgan fingerprint density at radius 3 is 2.63 bits per heavy atom. The van der Waals surface area contributed by atoms with Gasteiger partial charge >= 0.3 is 0 Å². The summed E-state index contributed by atoms with van der Waals surface area (Å²) < 4.78 is 5.70. The molecule has 156 valence electrons. The van der Waals surface area contributed by atoms with E-state index in [4.69, 9.17) is 4.74 Å². The van der Waals surface area contributed by atoms with Gasteiger partial charge in [-0.2, -0.15) is 0 Å².